The normalized spacial score (nSPS) is 18.9. The van der Waals surface area contributed by atoms with Gasteiger partial charge >= 0.3 is 5.97 Å². The number of carbonyl (C=O) groups excluding carboxylic acids is 3. The molecular formula is C23H24N4O4. The summed E-state index contributed by atoms with van der Waals surface area (Å²) in [5.74, 6) is -2.27. The molecule has 1 aliphatic rings. The molecule has 8 nitrogen and oxygen atoms in total. The number of para-hydroxylation sites is 2. The van der Waals surface area contributed by atoms with Crippen LogP contribution in [-0.2, 0) is 14.3 Å². The smallest absolute Gasteiger partial charge is 0.313 e. The molecule has 2 heterocycles. The molecule has 31 heavy (non-hydrogen) atoms. The maximum Gasteiger partial charge on any atom is 0.313 e. The van der Waals surface area contributed by atoms with Gasteiger partial charge in [0.2, 0.25) is 0 Å². The number of carbonyl (C=O) groups is 3. The summed E-state index contributed by atoms with van der Waals surface area (Å²) in [5.41, 5.74) is 0.820. The molecule has 1 saturated heterocycles. The number of hydrogen-bond donors (Lipinski definition) is 2. The topological polar surface area (TPSA) is 104 Å². The molecule has 0 radical (unpaired) electrons. The summed E-state index contributed by atoms with van der Waals surface area (Å²) in [6, 6.07) is 15.2. The van der Waals surface area contributed by atoms with Crippen LogP contribution in [0.4, 0.5) is 5.69 Å². The lowest BCUT2D eigenvalue weighted by atomic mass is 10.0. The number of benzene rings is 2. The van der Waals surface area contributed by atoms with Gasteiger partial charge in [-0.2, -0.15) is 5.10 Å². The molecule has 1 aliphatic heterocycles. The molecule has 4 rings (SSSR count). The Labute approximate surface area is 179 Å². The van der Waals surface area contributed by atoms with Gasteiger partial charge in [-0.05, 0) is 39.0 Å². The Morgan fingerprint density at radius 1 is 1.10 bits per heavy atom. The highest BCUT2D eigenvalue weighted by molar-refractivity contribution is 6.09. The minimum absolute atomic E-state index is 0.115. The SMILES string of the molecule is CC(C)(C)OC(=O)[C@@H]1CN(c2ccccc2)C(=O)[C@@H]1NC(=O)c1n[nH]c2ccccc12. The van der Waals surface area contributed by atoms with Crippen LogP contribution in [0.5, 0.6) is 0 Å². The highest BCUT2D eigenvalue weighted by Gasteiger charge is 2.47. The van der Waals surface area contributed by atoms with Crippen LogP contribution in [-0.4, -0.2) is 46.2 Å². The van der Waals surface area contributed by atoms with E-state index in [0.717, 1.165) is 0 Å². The first-order valence-corrected chi connectivity index (χ1v) is 10.1. The molecule has 0 saturated carbocycles. The molecule has 0 aliphatic carbocycles. The van der Waals surface area contributed by atoms with Crippen LogP contribution in [0.3, 0.4) is 0 Å². The van der Waals surface area contributed by atoms with Crippen molar-refractivity contribution in [2.24, 2.45) is 5.92 Å². The van der Waals surface area contributed by atoms with Crippen molar-refractivity contribution in [3.8, 4) is 0 Å². The molecule has 160 valence electrons. The van der Waals surface area contributed by atoms with Gasteiger partial charge in [0.05, 0.1) is 5.52 Å². The molecule has 2 amide bonds. The number of fused-ring (bicyclic) bond motifs is 1. The second-order valence-electron chi connectivity index (χ2n) is 8.49. The van der Waals surface area contributed by atoms with E-state index in [1.165, 1.54) is 4.90 Å². The second-order valence-corrected chi connectivity index (χ2v) is 8.49. The Balaban J connectivity index is 1.63. The quantitative estimate of drug-likeness (QED) is 0.632. The van der Waals surface area contributed by atoms with Crippen LogP contribution in [0.15, 0.2) is 54.6 Å². The number of aromatic amines is 1. The van der Waals surface area contributed by atoms with Gasteiger partial charge in [-0.25, -0.2) is 0 Å². The Morgan fingerprint density at radius 2 is 1.77 bits per heavy atom. The standard InChI is InChI=1S/C23H24N4O4/c1-23(2,3)31-22(30)16-13-27(14-9-5-4-6-10-14)21(29)19(16)24-20(28)18-15-11-7-8-12-17(15)25-26-18/h4-12,16,19H,13H2,1-3H3,(H,24,28)(H,25,26)/t16-,19-/m1/s1. The third-order valence-electron chi connectivity index (χ3n) is 5.06. The summed E-state index contributed by atoms with van der Waals surface area (Å²) in [5, 5.41) is 10.3. The Bertz CT molecular complexity index is 1130. The van der Waals surface area contributed by atoms with Crippen molar-refractivity contribution >= 4 is 34.4 Å². The summed E-state index contributed by atoms with van der Waals surface area (Å²) in [6.45, 7) is 5.41. The fraction of sp³-hybridized carbons (Fsp3) is 0.304. The third kappa shape index (κ3) is 4.14. The minimum atomic E-state index is -1.06. The number of nitrogens with one attached hydrogen (secondary N) is 2. The zero-order valence-electron chi connectivity index (χ0n) is 17.6. The van der Waals surface area contributed by atoms with Crippen LogP contribution in [0, 0.1) is 5.92 Å². The van der Waals surface area contributed by atoms with Gasteiger partial charge in [0, 0.05) is 17.6 Å². The van der Waals surface area contributed by atoms with E-state index in [1.54, 1.807) is 51.1 Å². The van der Waals surface area contributed by atoms with Crippen molar-refractivity contribution in [3.05, 3.63) is 60.3 Å². The predicted octanol–water partition coefficient (Wildman–Crippen LogP) is 2.67. The first kappa shape index (κ1) is 20.6. The van der Waals surface area contributed by atoms with Gasteiger partial charge in [-0.3, -0.25) is 19.5 Å². The highest BCUT2D eigenvalue weighted by atomic mass is 16.6. The van der Waals surface area contributed by atoms with Crippen LogP contribution in [0.25, 0.3) is 10.9 Å². The molecule has 2 N–H and O–H groups in total. The van der Waals surface area contributed by atoms with Crippen LogP contribution >= 0.6 is 0 Å². The number of amides is 2. The average Bonchev–Trinajstić information content (AvgIpc) is 3.29. The van der Waals surface area contributed by atoms with Gasteiger partial charge in [0.15, 0.2) is 5.69 Å². The van der Waals surface area contributed by atoms with Crippen molar-refractivity contribution in [1.29, 1.82) is 0 Å². The molecule has 0 spiro atoms. The predicted molar refractivity (Wildman–Crippen MR) is 115 cm³/mol. The molecule has 0 unspecified atom stereocenters. The number of ether oxygens (including phenoxy) is 1. The minimum Gasteiger partial charge on any atom is -0.460 e. The average molecular weight is 420 g/mol. The van der Waals surface area contributed by atoms with Crippen LogP contribution in [0.2, 0.25) is 0 Å². The third-order valence-corrected chi connectivity index (χ3v) is 5.06. The van der Waals surface area contributed by atoms with Gasteiger partial charge in [-0.15, -0.1) is 0 Å². The molecule has 3 aromatic rings. The lowest BCUT2D eigenvalue weighted by molar-refractivity contribution is -0.160. The fourth-order valence-corrected chi connectivity index (χ4v) is 3.67. The Kier molecular flexibility index (Phi) is 5.22. The number of rotatable bonds is 4. The maximum absolute atomic E-state index is 13.2. The van der Waals surface area contributed by atoms with Crippen LogP contribution in [0.1, 0.15) is 31.3 Å². The molecule has 2 aromatic carbocycles. The maximum atomic E-state index is 13.2. The van der Waals surface area contributed by atoms with E-state index in [-0.39, 0.29) is 18.1 Å². The summed E-state index contributed by atoms with van der Waals surface area (Å²) in [6.07, 6.45) is 0. The van der Waals surface area contributed by atoms with Crippen LogP contribution < -0.4 is 10.2 Å². The summed E-state index contributed by atoms with van der Waals surface area (Å²) >= 11 is 0. The summed E-state index contributed by atoms with van der Waals surface area (Å²) in [7, 11) is 0. The van der Waals surface area contributed by atoms with Gasteiger partial charge in [-0.1, -0.05) is 36.4 Å². The molecular weight excluding hydrogens is 396 g/mol. The molecule has 1 fully saturated rings. The largest absolute Gasteiger partial charge is 0.460 e. The van der Waals surface area contributed by atoms with Crippen molar-refractivity contribution in [3.63, 3.8) is 0 Å². The summed E-state index contributed by atoms with van der Waals surface area (Å²) < 4.78 is 5.54. The van der Waals surface area contributed by atoms with E-state index < -0.39 is 29.4 Å². The zero-order valence-corrected chi connectivity index (χ0v) is 17.6. The second kappa shape index (κ2) is 7.86. The zero-order chi connectivity index (χ0) is 22.2. The van der Waals surface area contributed by atoms with Crippen molar-refractivity contribution in [2.75, 3.05) is 11.4 Å². The number of anilines is 1. The van der Waals surface area contributed by atoms with Crippen molar-refractivity contribution < 1.29 is 19.1 Å². The van der Waals surface area contributed by atoms with Gasteiger partial charge < -0.3 is 15.0 Å². The molecule has 8 heteroatoms. The molecule has 2 atom stereocenters. The molecule has 1 aromatic heterocycles. The van der Waals surface area contributed by atoms with E-state index in [0.29, 0.717) is 16.6 Å². The number of H-pyrrole nitrogens is 1. The lowest BCUT2D eigenvalue weighted by Gasteiger charge is -2.24. The highest BCUT2D eigenvalue weighted by Crippen LogP contribution is 2.28. The number of hydrogen-bond acceptors (Lipinski definition) is 5. The van der Waals surface area contributed by atoms with Crippen molar-refractivity contribution in [1.82, 2.24) is 15.5 Å². The first-order chi connectivity index (χ1) is 14.7. The Hall–Kier alpha value is -3.68. The van der Waals surface area contributed by atoms with Crippen molar-refractivity contribution in [2.45, 2.75) is 32.4 Å². The number of aromatic nitrogens is 2. The molecule has 0 bridgehead atoms. The Morgan fingerprint density at radius 3 is 2.48 bits per heavy atom. The van der Waals surface area contributed by atoms with Gasteiger partial charge in [0.1, 0.15) is 17.6 Å². The van der Waals surface area contributed by atoms with E-state index in [1.807, 2.05) is 24.3 Å². The number of esters is 1. The fourth-order valence-electron chi connectivity index (χ4n) is 3.67. The monoisotopic (exact) mass is 420 g/mol. The van der Waals surface area contributed by atoms with Gasteiger partial charge in [0.25, 0.3) is 11.8 Å². The van der Waals surface area contributed by atoms with E-state index in [2.05, 4.69) is 15.5 Å². The van der Waals surface area contributed by atoms with E-state index in [9.17, 15) is 14.4 Å². The number of nitrogens with zero attached hydrogens (tertiary/aromatic N) is 2. The first-order valence-electron chi connectivity index (χ1n) is 10.1. The van der Waals surface area contributed by atoms with E-state index in [4.69, 9.17) is 4.74 Å². The summed E-state index contributed by atoms with van der Waals surface area (Å²) in [4.78, 5) is 40.6. The van der Waals surface area contributed by atoms with E-state index >= 15 is 0 Å². The lowest BCUT2D eigenvalue weighted by Crippen LogP contribution is -2.47.